The summed E-state index contributed by atoms with van der Waals surface area (Å²) in [6, 6.07) is 6.84. The Morgan fingerprint density at radius 1 is 1.40 bits per heavy atom. The fraction of sp³-hybridized carbons (Fsp3) is 0.182. The van der Waals surface area contributed by atoms with Gasteiger partial charge in [-0.05, 0) is 30.2 Å². The van der Waals surface area contributed by atoms with Crippen molar-refractivity contribution in [3.8, 4) is 17.6 Å². The maximum absolute atomic E-state index is 10.4. The highest BCUT2D eigenvalue weighted by Crippen LogP contribution is 2.10. The maximum Gasteiger partial charge on any atom is 0.293 e. The van der Waals surface area contributed by atoms with Gasteiger partial charge >= 0.3 is 0 Å². The van der Waals surface area contributed by atoms with Crippen LogP contribution in [0.15, 0.2) is 24.3 Å². The Kier molecular flexibility index (Phi) is 4.20. The number of rotatable bonds is 3. The minimum Gasteiger partial charge on any atom is -0.491 e. The number of carbonyl (C=O) groups is 1. The number of primary amides is 1. The van der Waals surface area contributed by atoms with Crippen LogP contribution in [0.5, 0.6) is 5.75 Å². The van der Waals surface area contributed by atoms with Gasteiger partial charge in [-0.3, -0.25) is 4.79 Å². The molecule has 0 spiro atoms. The van der Waals surface area contributed by atoms with Gasteiger partial charge in [-0.1, -0.05) is 5.92 Å². The van der Waals surface area contributed by atoms with Gasteiger partial charge in [-0.25, -0.2) is 0 Å². The average Bonchev–Trinajstić information content (AvgIpc) is 2.25. The molecule has 0 saturated heterocycles. The Morgan fingerprint density at radius 2 is 2.07 bits per heavy atom. The standard InChI is InChI=1S/C11H11NO3/c12-11(14)6-3-9-1-4-10(5-2-9)15-8-7-13/h1-2,4-5,13H,7-8H2,(H2,12,14). The van der Waals surface area contributed by atoms with Gasteiger partial charge in [0.05, 0.1) is 6.61 Å². The smallest absolute Gasteiger partial charge is 0.293 e. The van der Waals surface area contributed by atoms with E-state index in [0.717, 1.165) is 0 Å². The zero-order valence-electron chi connectivity index (χ0n) is 8.06. The molecule has 0 unspecified atom stereocenters. The van der Waals surface area contributed by atoms with Gasteiger partial charge in [0.2, 0.25) is 0 Å². The van der Waals surface area contributed by atoms with Crippen LogP contribution in [0.3, 0.4) is 0 Å². The summed E-state index contributed by atoms with van der Waals surface area (Å²) in [5, 5.41) is 8.53. The third-order valence-electron chi connectivity index (χ3n) is 1.54. The van der Waals surface area contributed by atoms with E-state index in [1.807, 2.05) is 0 Å². The fourth-order valence-electron chi connectivity index (χ4n) is 0.932. The van der Waals surface area contributed by atoms with E-state index in [-0.39, 0.29) is 13.2 Å². The van der Waals surface area contributed by atoms with Gasteiger partial charge in [0.1, 0.15) is 12.4 Å². The summed E-state index contributed by atoms with van der Waals surface area (Å²) in [5.41, 5.74) is 5.56. The van der Waals surface area contributed by atoms with Crippen molar-refractivity contribution in [3.05, 3.63) is 29.8 Å². The van der Waals surface area contributed by atoms with E-state index in [4.69, 9.17) is 15.6 Å². The number of nitrogens with two attached hydrogens (primary N) is 1. The number of amides is 1. The summed E-state index contributed by atoms with van der Waals surface area (Å²) in [6.45, 7) is 0.232. The van der Waals surface area contributed by atoms with Crippen LogP contribution >= 0.6 is 0 Å². The van der Waals surface area contributed by atoms with E-state index in [2.05, 4.69) is 11.8 Å². The molecule has 0 aliphatic heterocycles. The molecule has 0 radical (unpaired) electrons. The number of aliphatic hydroxyl groups is 1. The van der Waals surface area contributed by atoms with Crippen molar-refractivity contribution in [1.29, 1.82) is 0 Å². The molecule has 0 aliphatic carbocycles. The Balaban J connectivity index is 2.65. The Morgan fingerprint density at radius 3 is 2.60 bits per heavy atom. The molecule has 0 aromatic heterocycles. The molecule has 1 rings (SSSR count). The minimum absolute atomic E-state index is 0.0246. The van der Waals surface area contributed by atoms with Crippen LogP contribution in [-0.4, -0.2) is 24.2 Å². The number of ether oxygens (including phenoxy) is 1. The second kappa shape index (κ2) is 5.68. The van der Waals surface area contributed by atoms with Crippen molar-refractivity contribution in [1.82, 2.24) is 0 Å². The zero-order chi connectivity index (χ0) is 11.1. The topological polar surface area (TPSA) is 72.6 Å². The molecule has 0 bridgehead atoms. The van der Waals surface area contributed by atoms with Crippen LogP contribution in [0.25, 0.3) is 0 Å². The molecule has 1 aromatic carbocycles. The quantitative estimate of drug-likeness (QED) is 0.676. The van der Waals surface area contributed by atoms with Gasteiger partial charge in [-0.15, -0.1) is 0 Å². The van der Waals surface area contributed by atoms with Crippen molar-refractivity contribution in [3.63, 3.8) is 0 Å². The molecule has 0 atom stereocenters. The number of benzene rings is 1. The van der Waals surface area contributed by atoms with Crippen molar-refractivity contribution < 1.29 is 14.6 Å². The largest absolute Gasteiger partial charge is 0.491 e. The van der Waals surface area contributed by atoms with E-state index in [9.17, 15) is 4.79 Å². The molecule has 1 aromatic rings. The van der Waals surface area contributed by atoms with Crippen LogP contribution in [0.2, 0.25) is 0 Å². The first-order valence-electron chi connectivity index (χ1n) is 4.37. The minimum atomic E-state index is -0.657. The number of hydrogen-bond donors (Lipinski definition) is 2. The van der Waals surface area contributed by atoms with Crippen molar-refractivity contribution in [2.45, 2.75) is 0 Å². The van der Waals surface area contributed by atoms with Gasteiger partial charge < -0.3 is 15.6 Å². The van der Waals surface area contributed by atoms with Gasteiger partial charge in [-0.2, -0.15) is 0 Å². The second-order valence-corrected chi connectivity index (χ2v) is 2.71. The predicted molar refractivity (Wildman–Crippen MR) is 55.1 cm³/mol. The van der Waals surface area contributed by atoms with E-state index < -0.39 is 5.91 Å². The molecule has 4 nitrogen and oxygen atoms in total. The lowest BCUT2D eigenvalue weighted by molar-refractivity contribution is -0.112. The third kappa shape index (κ3) is 4.16. The van der Waals surface area contributed by atoms with Crippen LogP contribution < -0.4 is 10.5 Å². The summed E-state index contributed by atoms with van der Waals surface area (Å²) in [7, 11) is 0. The molecule has 0 aliphatic rings. The lowest BCUT2D eigenvalue weighted by atomic mass is 10.2. The highest BCUT2D eigenvalue weighted by atomic mass is 16.5. The molecule has 78 valence electrons. The highest BCUT2D eigenvalue weighted by molar-refractivity contribution is 5.92. The van der Waals surface area contributed by atoms with Gasteiger partial charge in [0.15, 0.2) is 0 Å². The highest BCUT2D eigenvalue weighted by Gasteiger charge is 1.92. The van der Waals surface area contributed by atoms with Crippen molar-refractivity contribution >= 4 is 5.91 Å². The molecule has 3 N–H and O–H groups in total. The lowest BCUT2D eigenvalue weighted by Gasteiger charge is -2.02. The zero-order valence-corrected chi connectivity index (χ0v) is 8.06. The van der Waals surface area contributed by atoms with Crippen molar-refractivity contribution in [2.75, 3.05) is 13.2 Å². The summed E-state index contributed by atoms with van der Waals surface area (Å²) in [6.07, 6.45) is 0. The molecular formula is C11H11NO3. The summed E-state index contributed by atoms with van der Waals surface area (Å²) in [4.78, 5) is 10.4. The number of aliphatic hydroxyl groups excluding tert-OH is 1. The monoisotopic (exact) mass is 205 g/mol. The molecule has 0 heterocycles. The Labute approximate surface area is 87.7 Å². The van der Waals surface area contributed by atoms with E-state index in [0.29, 0.717) is 11.3 Å². The third-order valence-corrected chi connectivity index (χ3v) is 1.54. The Hall–Kier alpha value is -1.99. The molecule has 0 saturated carbocycles. The fourth-order valence-corrected chi connectivity index (χ4v) is 0.932. The van der Waals surface area contributed by atoms with E-state index >= 15 is 0 Å². The molecule has 15 heavy (non-hydrogen) atoms. The van der Waals surface area contributed by atoms with Crippen molar-refractivity contribution in [2.24, 2.45) is 5.73 Å². The van der Waals surface area contributed by atoms with Gasteiger partial charge in [0, 0.05) is 5.56 Å². The lowest BCUT2D eigenvalue weighted by Crippen LogP contribution is -2.06. The predicted octanol–water partition coefficient (Wildman–Crippen LogP) is -0.106. The van der Waals surface area contributed by atoms with Crippen LogP contribution in [0, 0.1) is 11.8 Å². The Bertz CT molecular complexity index is 387. The molecule has 1 amide bonds. The normalized spacial score (nSPS) is 8.87. The maximum atomic E-state index is 10.4. The van der Waals surface area contributed by atoms with Crippen LogP contribution in [0.1, 0.15) is 5.56 Å². The summed E-state index contributed by atoms with van der Waals surface area (Å²) in [5.74, 6) is 4.82. The van der Waals surface area contributed by atoms with E-state index in [1.165, 1.54) is 0 Å². The SMILES string of the molecule is NC(=O)C#Cc1ccc(OCCO)cc1. The first-order valence-corrected chi connectivity index (χ1v) is 4.37. The summed E-state index contributed by atoms with van der Waals surface area (Å²) < 4.78 is 5.15. The summed E-state index contributed by atoms with van der Waals surface area (Å²) >= 11 is 0. The van der Waals surface area contributed by atoms with Gasteiger partial charge in [0.25, 0.3) is 5.91 Å². The molecule has 4 heteroatoms. The second-order valence-electron chi connectivity index (χ2n) is 2.71. The first kappa shape index (κ1) is 11.1. The average molecular weight is 205 g/mol. The van der Waals surface area contributed by atoms with Crippen LogP contribution in [0.4, 0.5) is 0 Å². The molecular weight excluding hydrogens is 194 g/mol. The number of hydrogen-bond acceptors (Lipinski definition) is 3. The van der Waals surface area contributed by atoms with E-state index in [1.54, 1.807) is 24.3 Å². The molecule has 0 fully saturated rings. The number of carbonyl (C=O) groups excluding carboxylic acids is 1. The van der Waals surface area contributed by atoms with Crippen LogP contribution in [-0.2, 0) is 4.79 Å². The first-order chi connectivity index (χ1) is 7.22.